The summed E-state index contributed by atoms with van der Waals surface area (Å²) in [5.41, 5.74) is 3.63. The zero-order valence-corrected chi connectivity index (χ0v) is 17.7. The van der Waals surface area contributed by atoms with Gasteiger partial charge in [-0.05, 0) is 51.5 Å². The molecule has 1 N–H and O–H groups in total. The van der Waals surface area contributed by atoms with Crippen LogP contribution in [0.2, 0.25) is 0 Å². The van der Waals surface area contributed by atoms with Gasteiger partial charge in [0.15, 0.2) is 5.96 Å². The van der Waals surface area contributed by atoms with Crippen LogP contribution in [0.25, 0.3) is 0 Å². The number of nitrogens with zero attached hydrogens (tertiary/aromatic N) is 3. The monoisotopic (exact) mass is 382 g/mol. The molecule has 0 radical (unpaired) electrons. The summed E-state index contributed by atoms with van der Waals surface area (Å²) < 4.78 is 5.32. The van der Waals surface area contributed by atoms with E-state index in [1.807, 2.05) is 13.8 Å². The molecule has 0 amide bonds. The van der Waals surface area contributed by atoms with E-state index in [0.717, 1.165) is 49.5 Å². The lowest BCUT2D eigenvalue weighted by Crippen LogP contribution is -2.46. The van der Waals surface area contributed by atoms with Gasteiger partial charge < -0.3 is 14.7 Å². The molecule has 152 valence electrons. The van der Waals surface area contributed by atoms with E-state index in [2.05, 4.69) is 59.6 Å². The Morgan fingerprint density at radius 3 is 2.57 bits per heavy atom. The fraction of sp³-hybridized carbons (Fsp3) is 0.565. The average Bonchev–Trinajstić information content (AvgIpc) is 3.05. The quantitative estimate of drug-likeness (QED) is 0.597. The molecule has 1 aromatic carbocycles. The van der Waals surface area contributed by atoms with Crippen LogP contribution in [0, 0.1) is 19.8 Å². The van der Waals surface area contributed by atoms with Crippen molar-refractivity contribution in [1.82, 2.24) is 15.4 Å². The van der Waals surface area contributed by atoms with E-state index in [1.165, 1.54) is 30.4 Å². The lowest BCUT2D eigenvalue weighted by atomic mass is 9.90. The number of aromatic nitrogens is 1. The minimum atomic E-state index is 0.301. The third kappa shape index (κ3) is 5.15. The first-order valence-electron chi connectivity index (χ1n) is 10.6. The fourth-order valence-electron chi connectivity index (χ4n) is 4.23. The summed E-state index contributed by atoms with van der Waals surface area (Å²) in [6, 6.07) is 10.9. The molecule has 2 aromatic rings. The molecule has 1 aromatic heterocycles. The highest BCUT2D eigenvalue weighted by molar-refractivity contribution is 5.80. The summed E-state index contributed by atoms with van der Waals surface area (Å²) in [5.74, 6) is 3.02. The van der Waals surface area contributed by atoms with Crippen molar-refractivity contribution in [2.24, 2.45) is 10.9 Å². The number of rotatable bonds is 6. The van der Waals surface area contributed by atoms with Crippen LogP contribution < -0.4 is 5.32 Å². The predicted octanol–water partition coefficient (Wildman–Crippen LogP) is 4.32. The van der Waals surface area contributed by atoms with Gasteiger partial charge in [-0.15, -0.1) is 0 Å². The van der Waals surface area contributed by atoms with Crippen LogP contribution in [0.5, 0.6) is 0 Å². The van der Waals surface area contributed by atoms with Crippen LogP contribution in [0.4, 0.5) is 0 Å². The van der Waals surface area contributed by atoms with Crippen LogP contribution in [-0.2, 0) is 6.42 Å². The number of aliphatic imine (C=N–C) groups is 1. The van der Waals surface area contributed by atoms with E-state index in [-0.39, 0.29) is 0 Å². The first kappa shape index (κ1) is 20.4. The van der Waals surface area contributed by atoms with Crippen molar-refractivity contribution >= 4 is 5.96 Å². The van der Waals surface area contributed by atoms with Gasteiger partial charge in [-0.2, -0.15) is 0 Å². The lowest BCUT2D eigenvalue weighted by Gasteiger charge is -2.34. The lowest BCUT2D eigenvalue weighted by molar-refractivity contribution is 0.259. The maximum Gasteiger partial charge on any atom is 0.193 e. The topological polar surface area (TPSA) is 53.7 Å². The van der Waals surface area contributed by atoms with Crippen LogP contribution in [-0.4, -0.2) is 42.2 Å². The molecule has 5 heteroatoms. The van der Waals surface area contributed by atoms with E-state index in [9.17, 15) is 0 Å². The minimum Gasteiger partial charge on any atom is -0.361 e. The van der Waals surface area contributed by atoms with Crippen molar-refractivity contribution < 1.29 is 4.52 Å². The van der Waals surface area contributed by atoms with E-state index in [0.29, 0.717) is 5.92 Å². The Hall–Kier alpha value is -2.30. The van der Waals surface area contributed by atoms with Crippen molar-refractivity contribution in [3.8, 4) is 0 Å². The van der Waals surface area contributed by atoms with Gasteiger partial charge in [-0.3, -0.25) is 4.99 Å². The van der Waals surface area contributed by atoms with Crippen LogP contribution in [0.3, 0.4) is 0 Å². The molecule has 1 atom stereocenters. The molecule has 0 saturated carbocycles. The highest BCUT2D eigenvalue weighted by Crippen LogP contribution is 2.24. The molecule has 1 unspecified atom stereocenters. The molecule has 5 nitrogen and oxygen atoms in total. The Morgan fingerprint density at radius 1 is 1.25 bits per heavy atom. The number of piperidine rings is 1. The van der Waals surface area contributed by atoms with Gasteiger partial charge >= 0.3 is 0 Å². The van der Waals surface area contributed by atoms with Crippen molar-refractivity contribution in [2.45, 2.75) is 52.9 Å². The van der Waals surface area contributed by atoms with Crippen molar-refractivity contribution in [3.05, 3.63) is 52.9 Å². The summed E-state index contributed by atoms with van der Waals surface area (Å²) in [4.78, 5) is 7.37. The highest BCUT2D eigenvalue weighted by Gasteiger charge is 2.22. The standard InChI is InChI=1S/C23H34N4O/c1-5-24-23(25-16-17(2)22-18(3)26-28-19(22)4)27-13-11-21(12-14-27)15-20-9-7-6-8-10-20/h6-10,17,21H,5,11-16H2,1-4H3,(H,24,25). The Kier molecular flexibility index (Phi) is 7.12. The smallest absolute Gasteiger partial charge is 0.193 e. The van der Waals surface area contributed by atoms with Gasteiger partial charge in [0, 0.05) is 37.7 Å². The Morgan fingerprint density at radius 2 is 1.96 bits per heavy atom. The molecule has 28 heavy (non-hydrogen) atoms. The first-order chi connectivity index (χ1) is 13.6. The van der Waals surface area contributed by atoms with Gasteiger partial charge in [0.2, 0.25) is 0 Å². The first-order valence-corrected chi connectivity index (χ1v) is 10.6. The van der Waals surface area contributed by atoms with Gasteiger partial charge in [-0.1, -0.05) is 42.4 Å². The number of likely N-dealkylation sites (tertiary alicyclic amines) is 1. The molecule has 0 bridgehead atoms. The average molecular weight is 383 g/mol. The summed E-state index contributed by atoms with van der Waals surface area (Å²) in [5, 5.41) is 7.57. The van der Waals surface area contributed by atoms with Crippen LogP contribution in [0.15, 0.2) is 39.8 Å². The Balaban J connectivity index is 1.57. The number of nitrogens with one attached hydrogen (secondary N) is 1. The summed E-state index contributed by atoms with van der Waals surface area (Å²) in [6.07, 6.45) is 3.63. The number of hydrogen-bond acceptors (Lipinski definition) is 3. The van der Waals surface area contributed by atoms with E-state index >= 15 is 0 Å². The second kappa shape index (κ2) is 9.76. The molecule has 3 rings (SSSR count). The van der Waals surface area contributed by atoms with Crippen LogP contribution >= 0.6 is 0 Å². The number of aryl methyl sites for hydroxylation is 2. The largest absolute Gasteiger partial charge is 0.361 e. The summed E-state index contributed by atoms with van der Waals surface area (Å²) in [7, 11) is 0. The minimum absolute atomic E-state index is 0.301. The molecule has 0 spiro atoms. The predicted molar refractivity (Wildman–Crippen MR) is 115 cm³/mol. The third-order valence-electron chi connectivity index (χ3n) is 5.71. The molecular formula is C23H34N4O. The zero-order chi connectivity index (χ0) is 19.9. The van der Waals surface area contributed by atoms with Crippen molar-refractivity contribution in [1.29, 1.82) is 0 Å². The molecule has 1 aliphatic heterocycles. The zero-order valence-electron chi connectivity index (χ0n) is 17.7. The van der Waals surface area contributed by atoms with Gasteiger partial charge in [0.05, 0.1) is 5.69 Å². The maximum atomic E-state index is 5.32. The summed E-state index contributed by atoms with van der Waals surface area (Å²) in [6.45, 7) is 12.1. The third-order valence-corrected chi connectivity index (χ3v) is 5.71. The summed E-state index contributed by atoms with van der Waals surface area (Å²) >= 11 is 0. The molecule has 1 aliphatic rings. The Bertz CT molecular complexity index is 741. The number of hydrogen-bond donors (Lipinski definition) is 1. The molecular weight excluding hydrogens is 348 g/mol. The molecule has 0 aliphatic carbocycles. The van der Waals surface area contributed by atoms with Crippen molar-refractivity contribution in [2.75, 3.05) is 26.2 Å². The Labute approximate surface area is 169 Å². The number of guanidine groups is 1. The van der Waals surface area contributed by atoms with Gasteiger partial charge in [0.25, 0.3) is 0 Å². The van der Waals surface area contributed by atoms with Crippen molar-refractivity contribution in [3.63, 3.8) is 0 Å². The molecule has 1 fully saturated rings. The van der Waals surface area contributed by atoms with E-state index in [1.54, 1.807) is 0 Å². The molecule has 2 heterocycles. The second-order valence-electron chi connectivity index (χ2n) is 7.95. The SMILES string of the molecule is CCNC(=NCC(C)c1c(C)noc1C)N1CCC(Cc2ccccc2)CC1. The van der Waals surface area contributed by atoms with Gasteiger partial charge in [-0.25, -0.2) is 0 Å². The van der Waals surface area contributed by atoms with Crippen LogP contribution in [0.1, 0.15) is 55.2 Å². The van der Waals surface area contributed by atoms with E-state index in [4.69, 9.17) is 9.52 Å². The normalized spacial score (nSPS) is 17.0. The van der Waals surface area contributed by atoms with E-state index < -0.39 is 0 Å². The second-order valence-corrected chi connectivity index (χ2v) is 7.95. The highest BCUT2D eigenvalue weighted by atomic mass is 16.5. The fourth-order valence-corrected chi connectivity index (χ4v) is 4.23. The maximum absolute atomic E-state index is 5.32. The van der Waals surface area contributed by atoms with Gasteiger partial charge in [0.1, 0.15) is 5.76 Å². The molecule has 1 saturated heterocycles. The number of benzene rings is 1.